The Kier molecular flexibility index (Phi) is 7.61. The number of nitriles is 1. The fraction of sp³-hybridized carbons (Fsp3) is 0.278. The number of rotatable bonds is 7. The third-order valence-corrected chi connectivity index (χ3v) is 4.89. The second-order valence-electron chi connectivity index (χ2n) is 6.05. The Hall–Kier alpha value is -2.61. The van der Waals surface area contributed by atoms with E-state index in [1.807, 2.05) is 6.07 Å². The van der Waals surface area contributed by atoms with Crippen molar-refractivity contribution in [1.29, 1.82) is 5.26 Å². The van der Waals surface area contributed by atoms with Crippen LogP contribution in [0, 0.1) is 11.3 Å². The monoisotopic (exact) mass is 444 g/mol. The standard InChI is InChI=1S/C18H16ClF3N4O2S/c1-26(6-4-15(27)25-17-11(9-23)5-7-29-17)10-16(28)24-12-2-3-14(19)13(8-12)18(20,21)22/h2-3,5,7-8H,4,6,10H2,1H3,(H,24,28)(H,25,27). The summed E-state index contributed by atoms with van der Waals surface area (Å²) in [5.41, 5.74) is -0.691. The smallest absolute Gasteiger partial charge is 0.325 e. The minimum Gasteiger partial charge on any atom is -0.325 e. The van der Waals surface area contributed by atoms with Crippen molar-refractivity contribution in [2.24, 2.45) is 0 Å². The van der Waals surface area contributed by atoms with Crippen molar-refractivity contribution < 1.29 is 22.8 Å². The minimum atomic E-state index is -4.63. The second kappa shape index (κ2) is 9.73. The van der Waals surface area contributed by atoms with Crippen molar-refractivity contribution in [3.63, 3.8) is 0 Å². The molecule has 1 heterocycles. The second-order valence-corrected chi connectivity index (χ2v) is 7.38. The normalized spacial score (nSPS) is 11.2. The van der Waals surface area contributed by atoms with E-state index in [4.69, 9.17) is 16.9 Å². The number of hydrogen-bond acceptors (Lipinski definition) is 5. The van der Waals surface area contributed by atoms with Crippen LogP contribution in [0.4, 0.5) is 23.9 Å². The lowest BCUT2D eigenvalue weighted by molar-refractivity contribution is -0.137. The summed E-state index contributed by atoms with van der Waals surface area (Å²) in [6.45, 7) is 0.112. The van der Waals surface area contributed by atoms with Crippen LogP contribution in [0.2, 0.25) is 5.02 Å². The van der Waals surface area contributed by atoms with Gasteiger partial charge in [-0.1, -0.05) is 11.6 Å². The number of carbonyl (C=O) groups is 2. The average molecular weight is 445 g/mol. The summed E-state index contributed by atoms with van der Waals surface area (Å²) in [4.78, 5) is 25.6. The zero-order chi connectivity index (χ0) is 21.6. The largest absolute Gasteiger partial charge is 0.417 e. The topological polar surface area (TPSA) is 85.2 Å². The summed E-state index contributed by atoms with van der Waals surface area (Å²) < 4.78 is 38.6. The van der Waals surface area contributed by atoms with Gasteiger partial charge in [-0.05, 0) is 36.7 Å². The molecule has 0 bridgehead atoms. The Balaban J connectivity index is 1.83. The summed E-state index contributed by atoms with van der Waals surface area (Å²) in [6.07, 6.45) is -4.55. The van der Waals surface area contributed by atoms with Crippen molar-refractivity contribution in [2.75, 3.05) is 30.8 Å². The molecule has 0 spiro atoms. The van der Waals surface area contributed by atoms with Crippen molar-refractivity contribution in [3.05, 3.63) is 45.8 Å². The Labute approximate surface area is 173 Å². The molecule has 2 rings (SSSR count). The molecule has 0 unspecified atom stereocenters. The number of likely N-dealkylation sites (N-methyl/N-ethyl adjacent to an activating group) is 1. The molecule has 29 heavy (non-hydrogen) atoms. The predicted molar refractivity (Wildman–Crippen MR) is 105 cm³/mol. The zero-order valence-electron chi connectivity index (χ0n) is 15.1. The van der Waals surface area contributed by atoms with Crippen LogP contribution in [0.5, 0.6) is 0 Å². The Morgan fingerprint density at radius 2 is 1.97 bits per heavy atom. The highest BCUT2D eigenvalue weighted by molar-refractivity contribution is 7.14. The molecule has 2 N–H and O–H groups in total. The average Bonchev–Trinajstić information content (AvgIpc) is 3.07. The van der Waals surface area contributed by atoms with Crippen LogP contribution in [0.3, 0.4) is 0 Å². The highest BCUT2D eigenvalue weighted by atomic mass is 35.5. The van der Waals surface area contributed by atoms with E-state index in [1.54, 1.807) is 23.4 Å². The molecule has 0 saturated carbocycles. The lowest BCUT2D eigenvalue weighted by atomic mass is 10.2. The van der Waals surface area contributed by atoms with Crippen molar-refractivity contribution in [1.82, 2.24) is 4.90 Å². The molecular formula is C18H16ClF3N4O2S. The number of alkyl halides is 3. The van der Waals surface area contributed by atoms with E-state index in [0.29, 0.717) is 10.6 Å². The van der Waals surface area contributed by atoms with Gasteiger partial charge in [-0.3, -0.25) is 14.5 Å². The molecule has 0 radical (unpaired) electrons. The maximum atomic E-state index is 12.9. The van der Waals surface area contributed by atoms with Crippen LogP contribution in [-0.4, -0.2) is 36.9 Å². The van der Waals surface area contributed by atoms with Crippen LogP contribution >= 0.6 is 22.9 Å². The van der Waals surface area contributed by atoms with E-state index in [1.165, 1.54) is 17.4 Å². The molecule has 6 nitrogen and oxygen atoms in total. The van der Waals surface area contributed by atoms with Crippen LogP contribution in [0.1, 0.15) is 17.5 Å². The molecule has 1 aromatic heterocycles. The third kappa shape index (κ3) is 6.74. The number of anilines is 2. The molecule has 1 aromatic carbocycles. The lowest BCUT2D eigenvalue weighted by Gasteiger charge is -2.16. The maximum Gasteiger partial charge on any atom is 0.417 e. The molecule has 0 aliphatic carbocycles. The van der Waals surface area contributed by atoms with Crippen LogP contribution in [0.25, 0.3) is 0 Å². The molecule has 0 atom stereocenters. The summed E-state index contributed by atoms with van der Waals surface area (Å²) >= 11 is 6.78. The third-order valence-electron chi connectivity index (χ3n) is 3.73. The molecule has 0 aliphatic rings. The first-order chi connectivity index (χ1) is 13.6. The fourth-order valence-electron chi connectivity index (χ4n) is 2.32. The first kappa shape index (κ1) is 22.7. The summed E-state index contributed by atoms with van der Waals surface area (Å²) in [7, 11) is 1.60. The number of nitrogens with zero attached hydrogens (tertiary/aromatic N) is 2. The van der Waals surface area contributed by atoms with Gasteiger partial charge in [0.15, 0.2) is 0 Å². The lowest BCUT2D eigenvalue weighted by Crippen LogP contribution is -2.32. The molecule has 0 fully saturated rings. The van der Waals surface area contributed by atoms with Gasteiger partial charge in [-0.15, -0.1) is 11.3 Å². The Morgan fingerprint density at radius 3 is 2.62 bits per heavy atom. The summed E-state index contributed by atoms with van der Waals surface area (Å²) in [6, 6.07) is 6.66. The molecule has 2 amide bonds. The SMILES string of the molecule is CN(CCC(=O)Nc1sccc1C#N)CC(=O)Nc1ccc(Cl)c(C(F)(F)F)c1. The fourth-order valence-corrected chi connectivity index (χ4v) is 3.30. The van der Waals surface area contributed by atoms with Gasteiger partial charge in [-0.2, -0.15) is 18.4 Å². The zero-order valence-corrected chi connectivity index (χ0v) is 16.7. The molecule has 2 aromatic rings. The highest BCUT2D eigenvalue weighted by Gasteiger charge is 2.33. The van der Waals surface area contributed by atoms with Gasteiger partial charge >= 0.3 is 6.18 Å². The van der Waals surface area contributed by atoms with Crippen molar-refractivity contribution >= 4 is 45.4 Å². The van der Waals surface area contributed by atoms with Gasteiger partial charge in [0.25, 0.3) is 0 Å². The van der Waals surface area contributed by atoms with E-state index < -0.39 is 22.7 Å². The highest BCUT2D eigenvalue weighted by Crippen LogP contribution is 2.36. The van der Waals surface area contributed by atoms with E-state index >= 15 is 0 Å². The van der Waals surface area contributed by atoms with Crippen LogP contribution in [-0.2, 0) is 15.8 Å². The molecule has 0 saturated heterocycles. The Bertz CT molecular complexity index is 940. The van der Waals surface area contributed by atoms with Gasteiger partial charge in [0, 0.05) is 18.7 Å². The minimum absolute atomic E-state index is 0.0282. The van der Waals surface area contributed by atoms with Crippen LogP contribution < -0.4 is 10.6 Å². The number of halogens is 4. The van der Waals surface area contributed by atoms with E-state index in [-0.39, 0.29) is 31.1 Å². The molecule has 11 heteroatoms. The molecule has 0 aliphatic heterocycles. The van der Waals surface area contributed by atoms with Gasteiger partial charge in [0.05, 0.1) is 22.7 Å². The van der Waals surface area contributed by atoms with Gasteiger partial charge in [0.2, 0.25) is 11.8 Å². The van der Waals surface area contributed by atoms with Crippen LogP contribution in [0.15, 0.2) is 29.6 Å². The number of amides is 2. The number of thiophene rings is 1. The number of hydrogen-bond donors (Lipinski definition) is 2. The van der Waals surface area contributed by atoms with Gasteiger partial charge in [0.1, 0.15) is 11.1 Å². The van der Waals surface area contributed by atoms with E-state index in [9.17, 15) is 22.8 Å². The first-order valence-corrected chi connectivity index (χ1v) is 9.48. The predicted octanol–water partition coefficient (Wildman–Crippen LogP) is 4.19. The molecular weight excluding hydrogens is 429 g/mol. The van der Waals surface area contributed by atoms with Gasteiger partial charge in [-0.25, -0.2) is 0 Å². The number of carbonyl (C=O) groups excluding carboxylic acids is 2. The summed E-state index contributed by atoms with van der Waals surface area (Å²) in [5.74, 6) is -0.850. The quantitative estimate of drug-likeness (QED) is 0.670. The van der Waals surface area contributed by atoms with Gasteiger partial charge < -0.3 is 10.6 Å². The first-order valence-electron chi connectivity index (χ1n) is 8.22. The van der Waals surface area contributed by atoms with Crippen molar-refractivity contribution in [2.45, 2.75) is 12.6 Å². The maximum absolute atomic E-state index is 12.9. The van der Waals surface area contributed by atoms with Crippen molar-refractivity contribution in [3.8, 4) is 6.07 Å². The van der Waals surface area contributed by atoms with E-state index in [2.05, 4.69) is 10.6 Å². The summed E-state index contributed by atoms with van der Waals surface area (Å²) in [5, 5.41) is 15.6. The number of nitrogens with one attached hydrogen (secondary N) is 2. The van der Waals surface area contributed by atoms with E-state index in [0.717, 1.165) is 12.1 Å². The number of benzene rings is 1. The molecule has 154 valence electrons. The Morgan fingerprint density at radius 1 is 1.24 bits per heavy atom.